The number of nitrogens with zero attached hydrogens (tertiary/aromatic N) is 1. The van der Waals surface area contributed by atoms with Crippen LogP contribution in [0.3, 0.4) is 0 Å². The Balaban J connectivity index is 4.42. The second kappa shape index (κ2) is 3.60. The Morgan fingerprint density at radius 3 is 2.40 bits per heavy atom. The van der Waals surface area contributed by atoms with Crippen LogP contribution in [-0.2, 0) is 4.79 Å². The lowest BCUT2D eigenvalue weighted by Gasteiger charge is -1.87. The van der Waals surface area contributed by atoms with Crippen molar-refractivity contribution in [2.75, 3.05) is 0 Å². The van der Waals surface area contributed by atoms with E-state index in [1.54, 1.807) is 6.92 Å². The van der Waals surface area contributed by atoms with E-state index in [1.165, 1.54) is 0 Å². The summed E-state index contributed by atoms with van der Waals surface area (Å²) in [5.41, 5.74) is -0.762. The molecule has 0 bridgehead atoms. The molecule has 0 aromatic rings. The van der Waals surface area contributed by atoms with Crippen molar-refractivity contribution in [1.29, 1.82) is 0 Å². The number of nitro groups is 1. The minimum atomic E-state index is -1.49. The summed E-state index contributed by atoms with van der Waals surface area (Å²) in [6, 6.07) is 0. The number of rotatable bonds is 3. The van der Waals surface area contributed by atoms with Gasteiger partial charge in [-0.15, -0.1) is 0 Å². The first-order valence-corrected chi connectivity index (χ1v) is 2.67. The maximum atomic E-state index is 10.0. The molecule has 0 fully saturated rings. The van der Waals surface area contributed by atoms with E-state index in [0.717, 1.165) is 6.08 Å². The highest BCUT2D eigenvalue weighted by molar-refractivity contribution is 5.83. The highest BCUT2D eigenvalue weighted by Gasteiger charge is 2.18. The molecule has 0 aliphatic heterocycles. The molecule has 0 saturated heterocycles. The molecule has 0 aromatic heterocycles. The van der Waals surface area contributed by atoms with E-state index in [1.807, 2.05) is 0 Å². The highest BCUT2D eigenvalue weighted by atomic mass is 16.6. The number of hydrogen-bond acceptors (Lipinski definition) is 3. The molecule has 0 unspecified atom stereocenters. The average Bonchev–Trinajstić information content (AvgIpc) is 1.81. The van der Waals surface area contributed by atoms with E-state index in [4.69, 9.17) is 5.11 Å². The molecule has 5 heteroatoms. The quantitative estimate of drug-likeness (QED) is 0.359. The van der Waals surface area contributed by atoms with Gasteiger partial charge >= 0.3 is 11.7 Å². The van der Waals surface area contributed by atoms with Gasteiger partial charge in [0.05, 0.1) is 4.92 Å². The summed E-state index contributed by atoms with van der Waals surface area (Å²) < 4.78 is 0. The fourth-order valence-corrected chi connectivity index (χ4v) is 0.433. The number of carbonyl (C=O) groups is 1. The number of aliphatic carboxylic acids is 1. The van der Waals surface area contributed by atoms with Crippen LogP contribution in [0.25, 0.3) is 0 Å². The molecule has 10 heavy (non-hydrogen) atoms. The standard InChI is InChI=1S/C5H7NO4/c1-2-3-4(5(7)8)6(9)10/h3H,2H2,1H3,(H,7,8). The van der Waals surface area contributed by atoms with Gasteiger partial charge in [0.2, 0.25) is 0 Å². The van der Waals surface area contributed by atoms with Gasteiger partial charge in [0.15, 0.2) is 0 Å². The van der Waals surface area contributed by atoms with Crippen molar-refractivity contribution < 1.29 is 14.8 Å². The first-order chi connectivity index (χ1) is 4.59. The van der Waals surface area contributed by atoms with E-state index in [2.05, 4.69) is 0 Å². The molecule has 0 amide bonds. The molecule has 0 atom stereocenters. The average molecular weight is 145 g/mol. The van der Waals surface area contributed by atoms with Crippen molar-refractivity contribution in [3.63, 3.8) is 0 Å². The summed E-state index contributed by atoms with van der Waals surface area (Å²) >= 11 is 0. The summed E-state index contributed by atoms with van der Waals surface area (Å²) in [5.74, 6) is -1.49. The van der Waals surface area contributed by atoms with Crippen LogP contribution >= 0.6 is 0 Å². The number of carboxylic acid groups (broad SMARTS) is 1. The lowest BCUT2D eigenvalue weighted by atomic mass is 10.3. The minimum absolute atomic E-state index is 0.350. The summed E-state index contributed by atoms with van der Waals surface area (Å²) in [5, 5.41) is 18.1. The largest absolute Gasteiger partial charge is 0.473 e. The van der Waals surface area contributed by atoms with Gasteiger partial charge in [-0.05, 0) is 6.42 Å². The van der Waals surface area contributed by atoms with Crippen molar-refractivity contribution in [2.24, 2.45) is 0 Å². The fraction of sp³-hybridized carbons (Fsp3) is 0.400. The Morgan fingerprint density at radius 2 is 2.30 bits per heavy atom. The lowest BCUT2D eigenvalue weighted by molar-refractivity contribution is -0.421. The zero-order chi connectivity index (χ0) is 8.15. The molecule has 0 aliphatic rings. The molecule has 0 aromatic carbocycles. The Bertz CT molecular complexity index is 168. The van der Waals surface area contributed by atoms with Gasteiger partial charge in [0.25, 0.3) is 0 Å². The SMILES string of the molecule is CCC=C(C(=O)O)[N+](=O)[O-]. The normalized spacial score (nSPS) is 11.1. The molecule has 1 N–H and O–H groups in total. The van der Waals surface area contributed by atoms with Crippen LogP contribution in [0.2, 0.25) is 0 Å². The smallest absolute Gasteiger partial charge is 0.407 e. The number of allylic oxidation sites excluding steroid dienone is 1. The summed E-state index contributed by atoms with van der Waals surface area (Å²) in [7, 11) is 0. The maximum Gasteiger partial charge on any atom is 0.407 e. The van der Waals surface area contributed by atoms with Crippen LogP contribution in [0.15, 0.2) is 11.8 Å². The predicted molar refractivity (Wildman–Crippen MR) is 33.0 cm³/mol. The van der Waals surface area contributed by atoms with Gasteiger partial charge in [-0.3, -0.25) is 10.1 Å². The van der Waals surface area contributed by atoms with Gasteiger partial charge in [0.1, 0.15) is 0 Å². The zero-order valence-electron chi connectivity index (χ0n) is 5.40. The summed E-state index contributed by atoms with van der Waals surface area (Å²) in [6.45, 7) is 1.63. The molecule has 56 valence electrons. The molecular weight excluding hydrogens is 138 g/mol. The van der Waals surface area contributed by atoms with Gasteiger partial charge < -0.3 is 5.11 Å². The van der Waals surface area contributed by atoms with Crippen LogP contribution in [0.5, 0.6) is 0 Å². The third-order valence-electron chi connectivity index (χ3n) is 0.813. The second-order valence-corrected chi connectivity index (χ2v) is 1.56. The van der Waals surface area contributed by atoms with Crippen molar-refractivity contribution in [2.45, 2.75) is 13.3 Å². The highest BCUT2D eigenvalue weighted by Crippen LogP contribution is 1.96. The van der Waals surface area contributed by atoms with Crippen LogP contribution < -0.4 is 0 Å². The maximum absolute atomic E-state index is 10.0. The van der Waals surface area contributed by atoms with E-state index < -0.39 is 16.6 Å². The zero-order valence-corrected chi connectivity index (χ0v) is 5.40. The monoisotopic (exact) mass is 145 g/mol. The van der Waals surface area contributed by atoms with Crippen LogP contribution in [0.1, 0.15) is 13.3 Å². The molecule has 0 saturated carbocycles. The summed E-state index contributed by atoms with van der Waals surface area (Å²) in [6.07, 6.45) is 1.41. The fourth-order valence-electron chi connectivity index (χ4n) is 0.433. The van der Waals surface area contributed by atoms with Crippen molar-refractivity contribution >= 4 is 5.97 Å². The van der Waals surface area contributed by atoms with E-state index in [-0.39, 0.29) is 0 Å². The Labute approximate surface area is 57.1 Å². The van der Waals surface area contributed by atoms with Gasteiger partial charge in [-0.1, -0.05) is 6.92 Å². The molecule has 5 nitrogen and oxygen atoms in total. The summed E-state index contributed by atoms with van der Waals surface area (Å²) in [4.78, 5) is 19.0. The molecule has 0 aliphatic carbocycles. The molecule has 0 spiro atoms. The van der Waals surface area contributed by atoms with Gasteiger partial charge in [0, 0.05) is 6.08 Å². The van der Waals surface area contributed by atoms with Crippen molar-refractivity contribution in [3.05, 3.63) is 21.9 Å². The van der Waals surface area contributed by atoms with Gasteiger partial charge in [-0.2, -0.15) is 0 Å². The van der Waals surface area contributed by atoms with Crippen LogP contribution in [-0.4, -0.2) is 16.0 Å². The van der Waals surface area contributed by atoms with Crippen molar-refractivity contribution in [3.8, 4) is 0 Å². The number of carboxylic acids is 1. The van der Waals surface area contributed by atoms with Crippen molar-refractivity contribution in [1.82, 2.24) is 0 Å². The first kappa shape index (κ1) is 8.61. The third-order valence-corrected chi connectivity index (χ3v) is 0.813. The Hall–Kier alpha value is -1.39. The lowest BCUT2D eigenvalue weighted by Crippen LogP contribution is -2.09. The van der Waals surface area contributed by atoms with Crippen LogP contribution in [0, 0.1) is 10.1 Å². The first-order valence-electron chi connectivity index (χ1n) is 2.67. The second-order valence-electron chi connectivity index (χ2n) is 1.56. The van der Waals surface area contributed by atoms with Gasteiger partial charge in [-0.25, -0.2) is 4.79 Å². The number of hydrogen-bond donors (Lipinski definition) is 1. The van der Waals surface area contributed by atoms with E-state index in [9.17, 15) is 14.9 Å². The van der Waals surface area contributed by atoms with Crippen LogP contribution in [0.4, 0.5) is 0 Å². The Morgan fingerprint density at radius 1 is 1.80 bits per heavy atom. The molecule has 0 radical (unpaired) electrons. The Kier molecular flexibility index (Phi) is 3.10. The predicted octanol–water partition coefficient (Wildman–Crippen LogP) is 0.642. The molecule has 0 heterocycles. The van der Waals surface area contributed by atoms with E-state index >= 15 is 0 Å². The third kappa shape index (κ3) is 2.25. The molecule has 0 rings (SSSR count). The molecular formula is C5H7NO4. The minimum Gasteiger partial charge on any atom is -0.473 e. The topological polar surface area (TPSA) is 80.4 Å². The van der Waals surface area contributed by atoms with E-state index in [0.29, 0.717) is 6.42 Å².